The normalized spacial score (nSPS) is 13.7. The van der Waals surface area contributed by atoms with Crippen molar-refractivity contribution in [1.82, 2.24) is 10.6 Å². The molecule has 0 saturated heterocycles. The molecule has 0 aliphatic heterocycles. The lowest BCUT2D eigenvalue weighted by atomic mass is 10.2. The van der Waals surface area contributed by atoms with Gasteiger partial charge in [0.1, 0.15) is 12.1 Å². The first-order valence-electron chi connectivity index (χ1n) is 4.41. The van der Waals surface area contributed by atoms with Gasteiger partial charge in [-0.15, -0.1) is 0 Å². The molecule has 0 rings (SSSR count). The van der Waals surface area contributed by atoms with Crippen LogP contribution in [0.5, 0.6) is 0 Å². The first-order chi connectivity index (χ1) is 6.88. The van der Waals surface area contributed by atoms with Gasteiger partial charge in [0.15, 0.2) is 0 Å². The van der Waals surface area contributed by atoms with E-state index in [0.29, 0.717) is 0 Å². The summed E-state index contributed by atoms with van der Waals surface area (Å²) < 4.78 is 0. The van der Waals surface area contributed by atoms with Gasteiger partial charge < -0.3 is 20.8 Å². The van der Waals surface area contributed by atoms with Gasteiger partial charge in [-0.05, 0) is 13.3 Å². The molecule has 0 radical (unpaired) electrons. The molecule has 4 N–H and O–H groups in total. The number of hydrogen-bond donors (Lipinski definition) is 4. The number of hydrogen-bond acceptors (Lipinski definition) is 3. The summed E-state index contributed by atoms with van der Waals surface area (Å²) in [6.07, 6.45) is 0.226. The Balaban J connectivity index is 4.13. The fraction of sp³-hybridized carbons (Fsp3) is 0.625. The van der Waals surface area contributed by atoms with Crippen molar-refractivity contribution in [2.75, 3.05) is 0 Å². The number of aliphatic carboxylic acids is 2. The maximum atomic E-state index is 11.1. The molecular weight excluding hydrogens is 204 g/mol. The zero-order valence-electron chi connectivity index (χ0n) is 8.48. The predicted octanol–water partition coefficient (Wildman–Crippen LogP) is -0.378. The van der Waals surface area contributed by atoms with Crippen molar-refractivity contribution in [3.8, 4) is 0 Å². The number of carboxylic acids is 2. The van der Waals surface area contributed by atoms with Crippen LogP contribution in [-0.2, 0) is 9.59 Å². The highest BCUT2D eigenvalue weighted by atomic mass is 16.4. The molecule has 0 aliphatic carbocycles. The molecular formula is C8H14N2O5. The molecule has 0 bridgehead atoms. The highest BCUT2D eigenvalue weighted by Gasteiger charge is 2.20. The quantitative estimate of drug-likeness (QED) is 0.502. The predicted molar refractivity (Wildman–Crippen MR) is 50.5 cm³/mol. The van der Waals surface area contributed by atoms with E-state index in [1.807, 2.05) is 0 Å². The smallest absolute Gasteiger partial charge is 0.326 e. The number of nitrogens with one attached hydrogen (secondary N) is 2. The van der Waals surface area contributed by atoms with Crippen molar-refractivity contribution in [2.24, 2.45) is 0 Å². The number of amides is 2. The highest BCUT2D eigenvalue weighted by Crippen LogP contribution is 1.91. The van der Waals surface area contributed by atoms with Crippen molar-refractivity contribution in [3.63, 3.8) is 0 Å². The molecule has 0 aromatic heterocycles. The largest absolute Gasteiger partial charge is 0.480 e. The van der Waals surface area contributed by atoms with Crippen molar-refractivity contribution in [3.05, 3.63) is 0 Å². The number of rotatable bonds is 5. The Kier molecular flexibility index (Phi) is 5.14. The second-order valence-corrected chi connectivity index (χ2v) is 2.98. The SMILES string of the molecule is CCC(NC(=O)NC(C)C(=O)O)C(=O)O. The van der Waals surface area contributed by atoms with Crippen LogP contribution in [0.2, 0.25) is 0 Å². The summed E-state index contributed by atoms with van der Waals surface area (Å²) in [7, 11) is 0. The van der Waals surface area contributed by atoms with Crippen LogP contribution >= 0.6 is 0 Å². The maximum absolute atomic E-state index is 11.1. The molecule has 0 aliphatic rings. The molecule has 7 nitrogen and oxygen atoms in total. The lowest BCUT2D eigenvalue weighted by Crippen LogP contribution is -2.49. The second-order valence-electron chi connectivity index (χ2n) is 2.98. The molecule has 0 fully saturated rings. The van der Waals surface area contributed by atoms with Gasteiger partial charge in [0.05, 0.1) is 0 Å². The summed E-state index contributed by atoms with van der Waals surface area (Å²) in [6.45, 7) is 2.88. The van der Waals surface area contributed by atoms with Crippen LogP contribution in [-0.4, -0.2) is 40.3 Å². The third kappa shape index (κ3) is 4.84. The Labute approximate surface area is 86.5 Å². The highest BCUT2D eigenvalue weighted by molar-refractivity contribution is 5.85. The molecule has 86 valence electrons. The molecule has 2 unspecified atom stereocenters. The lowest BCUT2D eigenvalue weighted by molar-refractivity contribution is -0.139. The Hall–Kier alpha value is -1.79. The molecule has 0 spiro atoms. The minimum atomic E-state index is -1.19. The van der Waals surface area contributed by atoms with Crippen LogP contribution in [0.3, 0.4) is 0 Å². The maximum Gasteiger partial charge on any atom is 0.326 e. The molecule has 0 heterocycles. The van der Waals surface area contributed by atoms with Gasteiger partial charge in [-0.1, -0.05) is 6.92 Å². The van der Waals surface area contributed by atoms with E-state index in [-0.39, 0.29) is 6.42 Å². The van der Waals surface area contributed by atoms with Gasteiger partial charge in [0.25, 0.3) is 0 Å². The summed E-state index contributed by atoms with van der Waals surface area (Å²) in [5.41, 5.74) is 0. The molecule has 15 heavy (non-hydrogen) atoms. The summed E-state index contributed by atoms with van der Waals surface area (Å²) in [5, 5.41) is 21.3. The summed E-state index contributed by atoms with van der Waals surface area (Å²) in [5.74, 6) is -2.34. The monoisotopic (exact) mass is 218 g/mol. The number of carbonyl (C=O) groups excluding carboxylic acids is 1. The van der Waals surface area contributed by atoms with Crippen LogP contribution in [0.25, 0.3) is 0 Å². The van der Waals surface area contributed by atoms with Crippen molar-refractivity contribution < 1.29 is 24.6 Å². The number of carbonyl (C=O) groups is 3. The fourth-order valence-corrected chi connectivity index (χ4v) is 0.797. The molecule has 0 aromatic rings. The van der Waals surface area contributed by atoms with Gasteiger partial charge in [-0.3, -0.25) is 4.79 Å². The van der Waals surface area contributed by atoms with Crippen LogP contribution in [0.15, 0.2) is 0 Å². The number of carboxylic acid groups (broad SMARTS) is 2. The van der Waals surface area contributed by atoms with E-state index in [0.717, 1.165) is 0 Å². The van der Waals surface area contributed by atoms with E-state index in [4.69, 9.17) is 10.2 Å². The lowest BCUT2D eigenvalue weighted by Gasteiger charge is -2.14. The van der Waals surface area contributed by atoms with Gasteiger partial charge in [0, 0.05) is 0 Å². The third-order valence-corrected chi connectivity index (χ3v) is 1.73. The van der Waals surface area contributed by atoms with Crippen molar-refractivity contribution in [1.29, 1.82) is 0 Å². The van der Waals surface area contributed by atoms with E-state index in [9.17, 15) is 14.4 Å². The Morgan fingerprint density at radius 3 is 2.00 bits per heavy atom. The zero-order chi connectivity index (χ0) is 12.0. The van der Waals surface area contributed by atoms with Crippen LogP contribution in [0.1, 0.15) is 20.3 Å². The fourth-order valence-electron chi connectivity index (χ4n) is 0.797. The van der Waals surface area contributed by atoms with Gasteiger partial charge >= 0.3 is 18.0 Å². The van der Waals surface area contributed by atoms with E-state index in [2.05, 4.69) is 10.6 Å². The number of urea groups is 1. The minimum absolute atomic E-state index is 0.226. The Morgan fingerprint density at radius 1 is 1.13 bits per heavy atom. The molecule has 7 heteroatoms. The van der Waals surface area contributed by atoms with Crippen molar-refractivity contribution in [2.45, 2.75) is 32.4 Å². The average molecular weight is 218 g/mol. The van der Waals surface area contributed by atoms with Gasteiger partial charge in [-0.25, -0.2) is 9.59 Å². The average Bonchev–Trinajstić information content (AvgIpc) is 2.13. The third-order valence-electron chi connectivity index (χ3n) is 1.73. The van der Waals surface area contributed by atoms with E-state index in [1.165, 1.54) is 6.92 Å². The first-order valence-corrected chi connectivity index (χ1v) is 4.41. The van der Waals surface area contributed by atoms with Crippen LogP contribution < -0.4 is 10.6 Å². The minimum Gasteiger partial charge on any atom is -0.480 e. The van der Waals surface area contributed by atoms with Crippen molar-refractivity contribution >= 4 is 18.0 Å². The first kappa shape index (κ1) is 13.2. The standard InChI is InChI=1S/C8H14N2O5/c1-3-5(7(13)14)10-8(15)9-4(2)6(11)12/h4-5H,3H2,1-2H3,(H,11,12)(H,13,14)(H2,9,10,15). The van der Waals surface area contributed by atoms with Crippen LogP contribution in [0, 0.1) is 0 Å². The van der Waals surface area contributed by atoms with Crippen LogP contribution in [0.4, 0.5) is 4.79 Å². The van der Waals surface area contributed by atoms with E-state index < -0.39 is 30.1 Å². The Morgan fingerprint density at radius 2 is 1.67 bits per heavy atom. The second kappa shape index (κ2) is 5.84. The van der Waals surface area contributed by atoms with Gasteiger partial charge in [0.2, 0.25) is 0 Å². The Bertz CT molecular complexity index is 266. The zero-order valence-corrected chi connectivity index (χ0v) is 8.48. The molecule has 2 amide bonds. The van der Waals surface area contributed by atoms with Gasteiger partial charge in [-0.2, -0.15) is 0 Å². The summed E-state index contributed by atoms with van der Waals surface area (Å²) in [4.78, 5) is 32.0. The summed E-state index contributed by atoms with van der Waals surface area (Å²) >= 11 is 0. The topological polar surface area (TPSA) is 116 Å². The molecule has 2 atom stereocenters. The van der Waals surface area contributed by atoms with E-state index >= 15 is 0 Å². The summed E-state index contributed by atoms with van der Waals surface area (Å²) in [6, 6.07) is -2.87. The van der Waals surface area contributed by atoms with E-state index in [1.54, 1.807) is 6.92 Å². The molecule has 0 saturated carbocycles. The molecule has 0 aromatic carbocycles.